The number of carbonyl (C=O) groups is 1. The summed E-state index contributed by atoms with van der Waals surface area (Å²) < 4.78 is 6.84. The van der Waals surface area contributed by atoms with E-state index < -0.39 is 23.3 Å². The lowest BCUT2D eigenvalue weighted by molar-refractivity contribution is -0.124. The fourth-order valence-corrected chi connectivity index (χ4v) is 3.09. The Morgan fingerprint density at radius 2 is 2.04 bits per heavy atom. The standard InChI is InChI=1S/C18H22Cl2N4O4/c1-4-5-8-24-15(21)14(16(25)22-18(24)27)23(3)17(26)10(2)28-13-7-6-11(19)9-12(13)20/h6-7,9-10H,4-5,8,21H2,1-3H3,(H,22,25,27). The first-order valence-corrected chi connectivity index (χ1v) is 9.44. The molecule has 0 radical (unpaired) electrons. The number of nitrogens with one attached hydrogen (secondary N) is 1. The fourth-order valence-electron chi connectivity index (χ4n) is 2.63. The number of halogens is 2. The number of H-pyrrole nitrogens is 1. The molecule has 10 heteroatoms. The van der Waals surface area contributed by atoms with Crippen molar-refractivity contribution in [3.05, 3.63) is 49.1 Å². The van der Waals surface area contributed by atoms with Crippen molar-refractivity contribution in [1.82, 2.24) is 9.55 Å². The van der Waals surface area contributed by atoms with Gasteiger partial charge in [0, 0.05) is 18.6 Å². The van der Waals surface area contributed by atoms with Crippen LogP contribution in [0.3, 0.4) is 0 Å². The third kappa shape index (κ3) is 4.69. The van der Waals surface area contributed by atoms with E-state index in [-0.39, 0.29) is 22.3 Å². The summed E-state index contributed by atoms with van der Waals surface area (Å²) in [5, 5.41) is 0.683. The van der Waals surface area contributed by atoms with Crippen LogP contribution in [0, 0.1) is 0 Å². The molecule has 1 aromatic carbocycles. The van der Waals surface area contributed by atoms with Crippen LogP contribution < -0.4 is 26.6 Å². The van der Waals surface area contributed by atoms with Gasteiger partial charge in [-0.05, 0) is 31.5 Å². The quantitative estimate of drug-likeness (QED) is 0.703. The van der Waals surface area contributed by atoms with Crippen molar-refractivity contribution in [3.63, 3.8) is 0 Å². The van der Waals surface area contributed by atoms with Gasteiger partial charge in [-0.2, -0.15) is 0 Å². The Morgan fingerprint density at radius 1 is 1.36 bits per heavy atom. The molecule has 152 valence electrons. The van der Waals surface area contributed by atoms with Gasteiger partial charge in [0.2, 0.25) is 0 Å². The van der Waals surface area contributed by atoms with E-state index in [0.717, 1.165) is 11.3 Å². The maximum absolute atomic E-state index is 12.8. The molecule has 0 aliphatic heterocycles. The lowest BCUT2D eigenvalue weighted by Gasteiger charge is -2.24. The number of unbranched alkanes of at least 4 members (excludes halogenated alkanes) is 1. The Bertz CT molecular complexity index is 987. The summed E-state index contributed by atoms with van der Waals surface area (Å²) in [7, 11) is 1.39. The zero-order valence-corrected chi connectivity index (χ0v) is 17.3. The van der Waals surface area contributed by atoms with E-state index in [1.807, 2.05) is 6.92 Å². The van der Waals surface area contributed by atoms with Crippen molar-refractivity contribution >= 4 is 40.6 Å². The number of likely N-dealkylation sites (N-methyl/N-ethyl adjacent to an activating group) is 1. The van der Waals surface area contributed by atoms with Crippen LogP contribution in [0.25, 0.3) is 0 Å². The maximum atomic E-state index is 12.8. The number of amides is 1. The van der Waals surface area contributed by atoms with Crippen molar-refractivity contribution in [3.8, 4) is 5.75 Å². The summed E-state index contributed by atoms with van der Waals surface area (Å²) in [6.45, 7) is 3.81. The number of rotatable bonds is 7. The van der Waals surface area contributed by atoms with Gasteiger partial charge in [0.1, 0.15) is 11.6 Å². The lowest BCUT2D eigenvalue weighted by atomic mass is 10.3. The highest BCUT2D eigenvalue weighted by Gasteiger charge is 2.26. The normalized spacial score (nSPS) is 11.9. The van der Waals surface area contributed by atoms with E-state index in [1.54, 1.807) is 12.1 Å². The van der Waals surface area contributed by atoms with Gasteiger partial charge in [0.15, 0.2) is 11.8 Å². The molecule has 2 aromatic rings. The van der Waals surface area contributed by atoms with Gasteiger partial charge in [-0.3, -0.25) is 19.1 Å². The maximum Gasteiger partial charge on any atom is 0.330 e. The first-order valence-electron chi connectivity index (χ1n) is 8.69. The smallest absolute Gasteiger partial charge is 0.330 e. The van der Waals surface area contributed by atoms with Gasteiger partial charge in [-0.15, -0.1) is 0 Å². The molecule has 0 fully saturated rings. The Morgan fingerprint density at radius 3 is 2.64 bits per heavy atom. The number of ether oxygens (including phenoxy) is 1. The molecule has 0 spiro atoms. The third-order valence-electron chi connectivity index (χ3n) is 4.16. The molecule has 2 rings (SSSR count). The molecule has 1 atom stereocenters. The summed E-state index contributed by atoms with van der Waals surface area (Å²) in [6.07, 6.45) is 0.558. The second-order valence-corrected chi connectivity index (χ2v) is 7.07. The number of nitrogens with zero attached hydrogens (tertiary/aromatic N) is 2. The monoisotopic (exact) mass is 428 g/mol. The minimum Gasteiger partial charge on any atom is -0.479 e. The molecular weight excluding hydrogens is 407 g/mol. The third-order valence-corrected chi connectivity index (χ3v) is 4.69. The van der Waals surface area contributed by atoms with Crippen LogP contribution in [0.15, 0.2) is 27.8 Å². The number of hydrogen-bond donors (Lipinski definition) is 2. The lowest BCUT2D eigenvalue weighted by Crippen LogP contribution is -2.43. The average Bonchev–Trinajstić information content (AvgIpc) is 2.62. The predicted molar refractivity (Wildman–Crippen MR) is 111 cm³/mol. The average molecular weight is 429 g/mol. The summed E-state index contributed by atoms with van der Waals surface area (Å²) >= 11 is 11.9. The van der Waals surface area contributed by atoms with E-state index in [2.05, 4.69) is 4.98 Å². The first-order chi connectivity index (χ1) is 13.2. The summed E-state index contributed by atoms with van der Waals surface area (Å²) in [6, 6.07) is 4.61. The molecule has 28 heavy (non-hydrogen) atoms. The van der Waals surface area contributed by atoms with Crippen molar-refractivity contribution in [2.75, 3.05) is 17.7 Å². The van der Waals surface area contributed by atoms with Crippen molar-refractivity contribution in [2.45, 2.75) is 39.3 Å². The van der Waals surface area contributed by atoms with Gasteiger partial charge < -0.3 is 15.4 Å². The van der Waals surface area contributed by atoms with E-state index in [1.165, 1.54) is 24.6 Å². The molecule has 0 aliphatic rings. The molecule has 0 saturated heterocycles. The number of nitrogen functional groups attached to an aromatic ring is 1. The van der Waals surface area contributed by atoms with Crippen molar-refractivity contribution < 1.29 is 9.53 Å². The molecule has 8 nitrogen and oxygen atoms in total. The Kier molecular flexibility index (Phi) is 7.15. The van der Waals surface area contributed by atoms with Crippen LogP contribution in [0.1, 0.15) is 26.7 Å². The van der Waals surface area contributed by atoms with Gasteiger partial charge >= 0.3 is 5.69 Å². The number of aromatic nitrogens is 2. The summed E-state index contributed by atoms with van der Waals surface area (Å²) in [5.74, 6) is -0.339. The van der Waals surface area contributed by atoms with Crippen molar-refractivity contribution in [1.29, 1.82) is 0 Å². The minimum atomic E-state index is -0.974. The zero-order chi connectivity index (χ0) is 21.0. The summed E-state index contributed by atoms with van der Waals surface area (Å²) in [4.78, 5) is 40.4. The number of anilines is 2. The highest BCUT2D eigenvalue weighted by Crippen LogP contribution is 2.28. The van der Waals surface area contributed by atoms with Gasteiger partial charge in [0.25, 0.3) is 11.5 Å². The molecule has 1 amide bonds. The Labute approximate surface area is 171 Å². The second kappa shape index (κ2) is 9.16. The van der Waals surface area contributed by atoms with E-state index >= 15 is 0 Å². The number of hydrogen-bond acceptors (Lipinski definition) is 5. The molecule has 3 N–H and O–H groups in total. The van der Waals surface area contributed by atoms with Crippen molar-refractivity contribution in [2.24, 2.45) is 0 Å². The highest BCUT2D eigenvalue weighted by atomic mass is 35.5. The Hall–Kier alpha value is -2.45. The fraction of sp³-hybridized carbons (Fsp3) is 0.389. The Balaban J connectivity index is 2.31. The topological polar surface area (TPSA) is 110 Å². The van der Waals surface area contributed by atoms with Gasteiger partial charge in [-0.25, -0.2) is 4.79 Å². The van der Waals surface area contributed by atoms with E-state index in [0.29, 0.717) is 18.0 Å². The molecule has 0 bridgehead atoms. The number of carbonyl (C=O) groups excluding carboxylic acids is 1. The molecule has 1 heterocycles. The van der Waals surface area contributed by atoms with Gasteiger partial charge in [0.05, 0.1) is 5.02 Å². The molecule has 1 aromatic heterocycles. The van der Waals surface area contributed by atoms with E-state index in [4.69, 9.17) is 33.7 Å². The van der Waals surface area contributed by atoms with Crippen LogP contribution in [-0.2, 0) is 11.3 Å². The number of benzene rings is 1. The predicted octanol–water partition coefficient (Wildman–Crippen LogP) is 2.66. The SMILES string of the molecule is CCCCn1c(N)c(N(C)C(=O)C(C)Oc2ccc(Cl)cc2Cl)c(=O)[nH]c1=O. The van der Waals surface area contributed by atoms with E-state index in [9.17, 15) is 14.4 Å². The molecule has 0 aliphatic carbocycles. The first kappa shape index (κ1) is 21.8. The number of nitrogens with two attached hydrogens (primary N) is 1. The second-order valence-electron chi connectivity index (χ2n) is 6.23. The molecule has 0 saturated carbocycles. The largest absolute Gasteiger partial charge is 0.479 e. The van der Waals surface area contributed by atoms with Gasteiger partial charge in [-0.1, -0.05) is 36.5 Å². The highest BCUT2D eigenvalue weighted by molar-refractivity contribution is 6.35. The van der Waals surface area contributed by atoms with Crippen LogP contribution in [0.5, 0.6) is 5.75 Å². The zero-order valence-electron chi connectivity index (χ0n) is 15.8. The molecule has 1 unspecified atom stereocenters. The summed E-state index contributed by atoms with van der Waals surface area (Å²) in [5.41, 5.74) is 4.56. The van der Waals surface area contributed by atoms with Crippen LogP contribution in [0.2, 0.25) is 10.0 Å². The molecular formula is C18H22Cl2N4O4. The van der Waals surface area contributed by atoms with Crippen LogP contribution >= 0.6 is 23.2 Å². The van der Waals surface area contributed by atoms with Crippen LogP contribution in [0.4, 0.5) is 11.5 Å². The number of aromatic amines is 1. The van der Waals surface area contributed by atoms with Crippen LogP contribution in [-0.4, -0.2) is 28.6 Å². The minimum absolute atomic E-state index is 0.0743.